The summed E-state index contributed by atoms with van der Waals surface area (Å²) in [5.74, 6) is 3.50. The van der Waals surface area contributed by atoms with Gasteiger partial charge >= 0.3 is 12.1 Å². The molecule has 0 N–H and O–H groups in total. The minimum absolute atomic E-state index is 0.0246. The summed E-state index contributed by atoms with van der Waals surface area (Å²) in [5.41, 5.74) is 0. The number of ether oxygens (including phenoxy) is 1. The van der Waals surface area contributed by atoms with Crippen LogP contribution in [0.4, 0.5) is 13.2 Å². The summed E-state index contributed by atoms with van der Waals surface area (Å²) in [5, 5.41) is 0. The van der Waals surface area contributed by atoms with Crippen LogP contribution in [0.25, 0.3) is 0 Å². The third-order valence-corrected chi connectivity index (χ3v) is 1.89. The molecular weight excluding hydrogens is 233 g/mol. The normalized spacial score (nSPS) is 12.5. The van der Waals surface area contributed by atoms with Gasteiger partial charge in [-0.05, 0) is 18.8 Å². The van der Waals surface area contributed by atoms with Crippen LogP contribution >= 0.6 is 0 Å². The minimum atomic E-state index is -4.62. The molecule has 0 spiro atoms. The molecule has 0 heterocycles. The van der Waals surface area contributed by atoms with Crippen LogP contribution in [0.5, 0.6) is 0 Å². The molecule has 0 aliphatic rings. The molecule has 0 saturated carbocycles. The second-order valence-electron chi connectivity index (χ2n) is 3.59. The lowest BCUT2D eigenvalue weighted by molar-refractivity contribution is -0.205. The Hall–Kier alpha value is -1.18. The van der Waals surface area contributed by atoms with Crippen LogP contribution in [0.3, 0.4) is 0 Å². The fourth-order valence-corrected chi connectivity index (χ4v) is 1.00. The van der Waals surface area contributed by atoms with Gasteiger partial charge in [0.05, 0.1) is 0 Å². The van der Waals surface area contributed by atoms with E-state index in [1.165, 1.54) is 0 Å². The lowest BCUT2D eigenvalue weighted by Gasteiger charge is -2.15. The van der Waals surface area contributed by atoms with E-state index in [2.05, 4.69) is 10.7 Å². The summed E-state index contributed by atoms with van der Waals surface area (Å²) >= 11 is 0. The van der Waals surface area contributed by atoms with E-state index in [1.807, 2.05) is 12.8 Å². The summed E-state index contributed by atoms with van der Waals surface area (Å²) in [7, 11) is 0. The molecule has 98 valence electrons. The van der Waals surface area contributed by atoms with Crippen LogP contribution in [0.2, 0.25) is 0 Å². The first-order valence-electron chi connectivity index (χ1n) is 5.66. The molecule has 1 atom stereocenters. The number of hydrogen-bond donors (Lipinski definition) is 0. The van der Waals surface area contributed by atoms with Gasteiger partial charge in [-0.25, -0.2) is 0 Å². The Balaban J connectivity index is 4.43. The van der Waals surface area contributed by atoms with E-state index in [1.54, 1.807) is 6.92 Å². The fraction of sp³-hybridized carbons (Fsp3) is 0.750. The summed E-state index contributed by atoms with van der Waals surface area (Å²) in [6.45, 7) is 3.61. The van der Waals surface area contributed by atoms with Gasteiger partial charge in [0, 0.05) is 12.8 Å². The maximum atomic E-state index is 12.5. The van der Waals surface area contributed by atoms with Crippen molar-refractivity contribution in [3.8, 4) is 11.8 Å². The molecule has 0 aromatic heterocycles. The Morgan fingerprint density at radius 3 is 2.41 bits per heavy atom. The van der Waals surface area contributed by atoms with Gasteiger partial charge in [-0.15, -0.1) is 0 Å². The Bertz CT molecular complexity index is 286. The zero-order chi connectivity index (χ0) is 13.3. The van der Waals surface area contributed by atoms with E-state index in [0.29, 0.717) is 12.8 Å². The van der Waals surface area contributed by atoms with Crippen LogP contribution in [0, 0.1) is 11.8 Å². The number of unbranched alkanes of at least 4 members (excludes halogenated alkanes) is 2. The van der Waals surface area contributed by atoms with Crippen molar-refractivity contribution >= 4 is 5.97 Å². The van der Waals surface area contributed by atoms with Crippen LogP contribution < -0.4 is 0 Å². The van der Waals surface area contributed by atoms with Crippen LogP contribution in [0.1, 0.15) is 46.0 Å². The Morgan fingerprint density at radius 2 is 1.94 bits per heavy atom. The molecule has 0 aliphatic heterocycles. The highest BCUT2D eigenvalue weighted by molar-refractivity contribution is 5.69. The lowest BCUT2D eigenvalue weighted by Crippen LogP contribution is -2.32. The fourth-order valence-electron chi connectivity index (χ4n) is 1.00. The van der Waals surface area contributed by atoms with Crippen molar-refractivity contribution in [2.45, 2.75) is 58.2 Å². The maximum Gasteiger partial charge on any atom is 0.437 e. The Labute approximate surface area is 99.5 Å². The molecule has 5 heteroatoms. The summed E-state index contributed by atoms with van der Waals surface area (Å²) in [4.78, 5) is 11.0. The highest BCUT2D eigenvalue weighted by Crippen LogP contribution is 2.23. The summed E-state index contributed by atoms with van der Waals surface area (Å²) < 4.78 is 41.6. The Kier molecular flexibility index (Phi) is 7.44. The predicted octanol–water partition coefficient (Wildman–Crippen LogP) is 3.45. The van der Waals surface area contributed by atoms with Crippen LogP contribution in [0.15, 0.2) is 0 Å². The molecule has 0 aliphatic carbocycles. The number of hydrogen-bond acceptors (Lipinski definition) is 2. The topological polar surface area (TPSA) is 26.3 Å². The van der Waals surface area contributed by atoms with Gasteiger partial charge in [-0.1, -0.05) is 26.2 Å². The quantitative estimate of drug-likeness (QED) is 0.424. The predicted molar refractivity (Wildman–Crippen MR) is 58.1 cm³/mol. The average Bonchev–Trinajstić information content (AvgIpc) is 2.21. The third kappa shape index (κ3) is 7.67. The van der Waals surface area contributed by atoms with Crippen molar-refractivity contribution in [1.29, 1.82) is 0 Å². The molecule has 0 amide bonds. The van der Waals surface area contributed by atoms with Crippen molar-refractivity contribution in [3.05, 3.63) is 0 Å². The van der Waals surface area contributed by atoms with E-state index in [0.717, 1.165) is 12.8 Å². The summed E-state index contributed by atoms with van der Waals surface area (Å²) in [6, 6.07) is 0. The van der Waals surface area contributed by atoms with Gasteiger partial charge < -0.3 is 4.74 Å². The van der Waals surface area contributed by atoms with Crippen molar-refractivity contribution in [1.82, 2.24) is 0 Å². The number of rotatable bonds is 5. The number of carbonyl (C=O) groups is 1. The molecule has 0 aromatic carbocycles. The Morgan fingerprint density at radius 1 is 1.29 bits per heavy atom. The van der Waals surface area contributed by atoms with E-state index in [4.69, 9.17) is 0 Å². The molecule has 2 nitrogen and oxygen atoms in total. The van der Waals surface area contributed by atoms with E-state index in [9.17, 15) is 18.0 Å². The van der Waals surface area contributed by atoms with Gasteiger partial charge in [-0.2, -0.15) is 13.2 Å². The third-order valence-electron chi connectivity index (χ3n) is 1.89. The van der Waals surface area contributed by atoms with Crippen molar-refractivity contribution < 1.29 is 22.7 Å². The first-order valence-corrected chi connectivity index (χ1v) is 5.66. The van der Waals surface area contributed by atoms with E-state index >= 15 is 0 Å². The molecule has 0 rings (SSSR count). The lowest BCUT2D eigenvalue weighted by atomic mass is 10.2. The standard InChI is InChI=1S/C12H17F3O2/c1-3-5-6-7-9-10(12(13,14)15)17-11(16)8-4-2/h10H,3-6,8H2,1-2H3. The number of carbonyl (C=O) groups excluding carboxylic acids is 1. The van der Waals surface area contributed by atoms with Crippen molar-refractivity contribution in [2.24, 2.45) is 0 Å². The zero-order valence-corrected chi connectivity index (χ0v) is 10.1. The number of halogens is 3. The zero-order valence-electron chi connectivity index (χ0n) is 10.1. The molecular formula is C12H17F3O2. The van der Waals surface area contributed by atoms with Gasteiger partial charge in [0.2, 0.25) is 0 Å². The maximum absolute atomic E-state index is 12.5. The highest BCUT2D eigenvalue weighted by atomic mass is 19.4. The molecule has 1 unspecified atom stereocenters. The largest absolute Gasteiger partial charge is 0.439 e. The number of alkyl halides is 3. The smallest absolute Gasteiger partial charge is 0.437 e. The van der Waals surface area contributed by atoms with Crippen molar-refractivity contribution in [3.63, 3.8) is 0 Å². The van der Waals surface area contributed by atoms with Crippen LogP contribution in [-0.2, 0) is 9.53 Å². The summed E-state index contributed by atoms with van der Waals surface area (Å²) in [6.07, 6.45) is -4.51. The first-order chi connectivity index (χ1) is 7.91. The molecule has 17 heavy (non-hydrogen) atoms. The van der Waals surface area contributed by atoms with E-state index in [-0.39, 0.29) is 6.42 Å². The second-order valence-corrected chi connectivity index (χ2v) is 3.59. The molecule has 0 bridgehead atoms. The highest BCUT2D eigenvalue weighted by Gasteiger charge is 2.41. The molecule has 0 saturated heterocycles. The van der Waals surface area contributed by atoms with Gasteiger partial charge in [0.15, 0.2) is 0 Å². The van der Waals surface area contributed by atoms with Gasteiger partial charge in [-0.3, -0.25) is 4.79 Å². The van der Waals surface area contributed by atoms with Gasteiger partial charge in [0.1, 0.15) is 0 Å². The molecule has 0 aromatic rings. The monoisotopic (exact) mass is 250 g/mol. The number of esters is 1. The van der Waals surface area contributed by atoms with E-state index < -0.39 is 18.2 Å². The van der Waals surface area contributed by atoms with Gasteiger partial charge in [0.25, 0.3) is 6.10 Å². The average molecular weight is 250 g/mol. The SMILES string of the molecule is CCCCC#CC(OC(=O)CCC)C(F)(F)F. The van der Waals surface area contributed by atoms with Crippen LogP contribution in [-0.4, -0.2) is 18.2 Å². The molecule has 0 radical (unpaired) electrons. The molecule has 0 fully saturated rings. The second kappa shape index (κ2) is 7.99. The first kappa shape index (κ1) is 15.8. The van der Waals surface area contributed by atoms with Crippen molar-refractivity contribution in [2.75, 3.05) is 0 Å². The minimum Gasteiger partial charge on any atom is -0.439 e.